The van der Waals surface area contributed by atoms with E-state index in [-0.39, 0.29) is 46.7 Å². The van der Waals surface area contributed by atoms with E-state index in [1.807, 2.05) is 0 Å². The number of hydrogen-bond donors (Lipinski definition) is 2. The molecular weight excluding hydrogens is 410 g/mol. The molecule has 4 aromatic rings. The average Bonchev–Trinajstić information content (AvgIpc) is 3.26. The molecule has 0 amide bonds. The fourth-order valence-corrected chi connectivity index (χ4v) is 3.05. The van der Waals surface area contributed by atoms with Gasteiger partial charge in [-0.1, -0.05) is 11.2 Å². The molecule has 4 rings (SSSR count). The van der Waals surface area contributed by atoms with Gasteiger partial charge in [0.25, 0.3) is 5.56 Å². The third kappa shape index (κ3) is 3.94. The number of imidazole rings is 1. The summed E-state index contributed by atoms with van der Waals surface area (Å²) in [7, 11) is 0. The third-order valence-corrected chi connectivity index (χ3v) is 4.43. The number of nitrogens with zero attached hydrogens (tertiary/aromatic N) is 4. The van der Waals surface area contributed by atoms with Crippen LogP contribution in [0.5, 0.6) is 0 Å². The molecule has 12 heteroatoms. The van der Waals surface area contributed by atoms with Gasteiger partial charge in [-0.05, 0) is 29.7 Å². The van der Waals surface area contributed by atoms with Crippen LogP contribution in [0.4, 0.5) is 8.78 Å². The summed E-state index contributed by atoms with van der Waals surface area (Å²) in [5.74, 6) is -0.836. The summed E-state index contributed by atoms with van der Waals surface area (Å²) >= 11 is 5.72. The van der Waals surface area contributed by atoms with Crippen LogP contribution in [0.2, 0.25) is 5.28 Å². The van der Waals surface area contributed by atoms with Crippen LogP contribution in [0, 0.1) is 11.6 Å². The molecule has 0 radical (unpaired) electrons. The average molecular weight is 423 g/mol. The molecular formula is C17H13ClF2N6O3. The molecule has 0 aliphatic heterocycles. The minimum absolute atomic E-state index is 0.00137. The maximum Gasteiger partial charge on any atom is 0.330 e. The highest BCUT2D eigenvalue weighted by atomic mass is 35.5. The number of fused-ring (bicyclic) bond motifs is 1. The van der Waals surface area contributed by atoms with Gasteiger partial charge in [-0.3, -0.25) is 14.3 Å². The van der Waals surface area contributed by atoms with Gasteiger partial charge in [0.2, 0.25) is 11.2 Å². The first kappa shape index (κ1) is 19.0. The molecule has 0 bridgehead atoms. The van der Waals surface area contributed by atoms with E-state index in [1.165, 1.54) is 6.07 Å². The number of rotatable bonds is 6. The van der Waals surface area contributed by atoms with Gasteiger partial charge in [0.05, 0.1) is 0 Å². The molecule has 0 spiro atoms. The number of aromatic nitrogens is 6. The highest BCUT2D eigenvalue weighted by Gasteiger charge is 2.13. The van der Waals surface area contributed by atoms with E-state index >= 15 is 0 Å². The van der Waals surface area contributed by atoms with Crippen molar-refractivity contribution < 1.29 is 13.3 Å². The van der Waals surface area contributed by atoms with Gasteiger partial charge in [-0.25, -0.2) is 13.6 Å². The second-order valence-corrected chi connectivity index (χ2v) is 6.62. The number of nitrogens with one attached hydrogen (secondary N) is 2. The first-order valence-corrected chi connectivity index (χ1v) is 8.92. The molecule has 0 aliphatic rings. The minimum atomic E-state index is -0.691. The van der Waals surface area contributed by atoms with Crippen molar-refractivity contribution in [2.75, 3.05) is 0 Å². The van der Waals surface area contributed by atoms with Crippen molar-refractivity contribution >= 4 is 22.8 Å². The second kappa shape index (κ2) is 7.59. The molecule has 29 heavy (non-hydrogen) atoms. The Hall–Kier alpha value is -3.34. The maximum absolute atomic E-state index is 13.7. The molecule has 0 aliphatic carbocycles. The van der Waals surface area contributed by atoms with Crippen molar-refractivity contribution in [1.29, 1.82) is 0 Å². The minimum Gasteiger partial charge on any atom is -0.339 e. The number of hydrogen-bond acceptors (Lipinski definition) is 6. The summed E-state index contributed by atoms with van der Waals surface area (Å²) in [4.78, 5) is 37.5. The predicted molar refractivity (Wildman–Crippen MR) is 97.8 cm³/mol. The molecule has 0 saturated heterocycles. The van der Waals surface area contributed by atoms with Crippen molar-refractivity contribution in [3.8, 4) is 0 Å². The zero-order valence-electron chi connectivity index (χ0n) is 14.7. The number of aryl methyl sites for hydroxylation is 1. The quantitative estimate of drug-likeness (QED) is 0.458. The number of aromatic amines is 2. The molecule has 0 fully saturated rings. The number of H-pyrrole nitrogens is 2. The van der Waals surface area contributed by atoms with Crippen LogP contribution in [0.15, 0.2) is 32.3 Å². The fraction of sp³-hybridized carbons (Fsp3) is 0.235. The number of halogens is 3. The first-order chi connectivity index (χ1) is 13.9. The Morgan fingerprint density at radius 1 is 1.17 bits per heavy atom. The molecule has 9 nitrogen and oxygen atoms in total. The Bertz CT molecular complexity index is 1310. The smallest absolute Gasteiger partial charge is 0.330 e. The van der Waals surface area contributed by atoms with Crippen molar-refractivity contribution in [1.82, 2.24) is 29.7 Å². The lowest BCUT2D eigenvalue weighted by Gasteiger charge is -2.02. The summed E-state index contributed by atoms with van der Waals surface area (Å²) in [5, 5.41) is 3.77. The van der Waals surface area contributed by atoms with Crippen molar-refractivity contribution in [2.45, 2.75) is 25.8 Å². The standard InChI is InChI=1S/C17H13ClF2N6O3/c18-16-22-13-14(23-16)24-17(28)26(15(13)27)5-1-2-12-21-11(25-29-12)6-8-3-4-9(19)7-10(8)20/h3-4,7H,1-2,5-6H2,(H,22,23)(H,24,28). The summed E-state index contributed by atoms with van der Waals surface area (Å²) < 4.78 is 32.8. The summed E-state index contributed by atoms with van der Waals surface area (Å²) in [6, 6.07) is 3.25. The third-order valence-electron chi connectivity index (χ3n) is 4.25. The summed E-state index contributed by atoms with van der Waals surface area (Å²) in [5.41, 5.74) is -0.708. The zero-order valence-corrected chi connectivity index (χ0v) is 15.5. The first-order valence-electron chi connectivity index (χ1n) is 8.54. The van der Waals surface area contributed by atoms with Gasteiger partial charge in [-0.15, -0.1) is 0 Å². The van der Waals surface area contributed by atoms with E-state index in [9.17, 15) is 18.4 Å². The molecule has 3 heterocycles. The van der Waals surface area contributed by atoms with Crippen molar-refractivity contribution in [3.05, 3.63) is 73.2 Å². The Kier molecular flexibility index (Phi) is 4.97. The van der Waals surface area contributed by atoms with Gasteiger partial charge in [0.1, 0.15) is 11.6 Å². The molecule has 2 N–H and O–H groups in total. The van der Waals surface area contributed by atoms with Crippen LogP contribution in [0.1, 0.15) is 23.7 Å². The van der Waals surface area contributed by atoms with Gasteiger partial charge >= 0.3 is 5.69 Å². The van der Waals surface area contributed by atoms with Gasteiger partial charge in [-0.2, -0.15) is 9.97 Å². The monoisotopic (exact) mass is 422 g/mol. The Morgan fingerprint density at radius 2 is 2.00 bits per heavy atom. The van der Waals surface area contributed by atoms with E-state index < -0.39 is 22.9 Å². The zero-order chi connectivity index (χ0) is 20.5. The van der Waals surface area contributed by atoms with E-state index in [0.717, 1.165) is 16.7 Å². The molecule has 0 saturated carbocycles. The molecule has 3 aromatic heterocycles. The Balaban J connectivity index is 1.42. The predicted octanol–water partition coefficient (Wildman–Crippen LogP) is 1.95. The fourth-order valence-electron chi connectivity index (χ4n) is 2.88. The van der Waals surface area contributed by atoms with E-state index in [1.54, 1.807) is 0 Å². The van der Waals surface area contributed by atoms with Gasteiger partial charge < -0.3 is 9.51 Å². The molecule has 150 valence electrons. The number of benzene rings is 1. The van der Waals surface area contributed by atoms with E-state index in [0.29, 0.717) is 12.8 Å². The largest absolute Gasteiger partial charge is 0.339 e. The molecule has 0 atom stereocenters. The summed E-state index contributed by atoms with van der Waals surface area (Å²) in [6.45, 7) is 0.102. The van der Waals surface area contributed by atoms with Crippen LogP contribution in [0.3, 0.4) is 0 Å². The SMILES string of the molecule is O=c1[nH]c2nc(Cl)[nH]c2c(=O)n1CCCc1nc(Cc2ccc(F)cc2F)no1. The lowest BCUT2D eigenvalue weighted by molar-refractivity contribution is 0.367. The lowest BCUT2D eigenvalue weighted by Crippen LogP contribution is -2.35. The van der Waals surface area contributed by atoms with Crippen LogP contribution >= 0.6 is 11.6 Å². The van der Waals surface area contributed by atoms with Crippen LogP contribution in [-0.2, 0) is 19.4 Å². The van der Waals surface area contributed by atoms with Crippen molar-refractivity contribution in [3.63, 3.8) is 0 Å². The second-order valence-electron chi connectivity index (χ2n) is 6.26. The Morgan fingerprint density at radius 3 is 2.79 bits per heavy atom. The van der Waals surface area contributed by atoms with E-state index in [2.05, 4.69) is 25.1 Å². The van der Waals surface area contributed by atoms with Gasteiger partial charge in [0, 0.05) is 25.5 Å². The van der Waals surface area contributed by atoms with Crippen molar-refractivity contribution in [2.24, 2.45) is 0 Å². The highest BCUT2D eigenvalue weighted by Crippen LogP contribution is 2.14. The highest BCUT2D eigenvalue weighted by molar-refractivity contribution is 6.28. The van der Waals surface area contributed by atoms with Crippen LogP contribution in [-0.4, -0.2) is 29.7 Å². The maximum atomic E-state index is 13.7. The Labute approximate surface area is 165 Å². The van der Waals surface area contributed by atoms with Gasteiger partial charge in [0.15, 0.2) is 17.0 Å². The molecule has 0 unspecified atom stereocenters. The van der Waals surface area contributed by atoms with E-state index in [4.69, 9.17) is 16.1 Å². The topological polar surface area (TPSA) is 122 Å². The van der Waals surface area contributed by atoms with Crippen LogP contribution < -0.4 is 11.2 Å². The lowest BCUT2D eigenvalue weighted by atomic mass is 10.1. The normalized spacial score (nSPS) is 11.4. The molecule has 1 aromatic carbocycles. The van der Waals surface area contributed by atoms with Crippen LogP contribution in [0.25, 0.3) is 11.2 Å². The summed E-state index contributed by atoms with van der Waals surface area (Å²) in [6.07, 6.45) is 0.710.